The Morgan fingerprint density at radius 2 is 1.91 bits per heavy atom. The Bertz CT molecular complexity index is 114. The molecule has 0 bridgehead atoms. The van der Waals surface area contributed by atoms with Gasteiger partial charge in [-0.2, -0.15) is 0 Å². The van der Waals surface area contributed by atoms with Crippen LogP contribution in [-0.4, -0.2) is 17.8 Å². The molecule has 3 atom stereocenters. The van der Waals surface area contributed by atoms with Crippen molar-refractivity contribution in [3.63, 3.8) is 0 Å². The van der Waals surface area contributed by atoms with E-state index >= 15 is 0 Å². The first-order valence-electron chi connectivity index (χ1n) is 4.37. The van der Waals surface area contributed by atoms with Crippen molar-refractivity contribution in [3.05, 3.63) is 0 Å². The Balaban J connectivity index is 4.32. The maximum atomic E-state index is 9.49. The summed E-state index contributed by atoms with van der Waals surface area (Å²) in [6.45, 7) is 8.69. The summed E-state index contributed by atoms with van der Waals surface area (Å²) in [5.74, 6) is 0.479. The summed E-state index contributed by atoms with van der Waals surface area (Å²) >= 11 is 0. The third-order valence-corrected chi connectivity index (χ3v) is 3.13. The van der Waals surface area contributed by atoms with Gasteiger partial charge in [-0.3, -0.25) is 0 Å². The number of nitrogens with two attached hydrogens (primary N) is 1. The molecule has 3 N–H and O–H groups in total. The van der Waals surface area contributed by atoms with Gasteiger partial charge in [0.15, 0.2) is 0 Å². The quantitative estimate of drug-likeness (QED) is 0.651. The van der Waals surface area contributed by atoms with Gasteiger partial charge in [0.1, 0.15) is 0 Å². The summed E-state index contributed by atoms with van der Waals surface area (Å²) in [5.41, 5.74) is 5.51. The van der Waals surface area contributed by atoms with Crippen molar-refractivity contribution in [2.24, 2.45) is 17.1 Å². The van der Waals surface area contributed by atoms with E-state index in [9.17, 15) is 5.11 Å². The maximum absolute atomic E-state index is 9.49. The fourth-order valence-electron chi connectivity index (χ4n) is 1.25. The minimum absolute atomic E-state index is 0.116. The average Bonchev–Trinajstić information content (AvgIpc) is 2.01. The van der Waals surface area contributed by atoms with Crippen molar-refractivity contribution < 1.29 is 5.11 Å². The molecule has 0 saturated carbocycles. The van der Waals surface area contributed by atoms with Crippen LogP contribution in [-0.2, 0) is 0 Å². The van der Waals surface area contributed by atoms with E-state index in [1.165, 1.54) is 0 Å². The predicted molar refractivity (Wildman–Crippen MR) is 48.3 cm³/mol. The molecule has 0 aromatic carbocycles. The zero-order valence-electron chi connectivity index (χ0n) is 8.09. The Labute approximate surface area is 69.8 Å². The van der Waals surface area contributed by atoms with Crippen LogP contribution in [0.1, 0.15) is 34.1 Å². The van der Waals surface area contributed by atoms with Gasteiger partial charge in [-0.1, -0.05) is 27.2 Å². The highest BCUT2D eigenvalue weighted by molar-refractivity contribution is 4.84. The van der Waals surface area contributed by atoms with Crippen LogP contribution in [0.4, 0.5) is 0 Å². The zero-order valence-corrected chi connectivity index (χ0v) is 8.09. The number of rotatable bonds is 4. The summed E-state index contributed by atoms with van der Waals surface area (Å²) in [5, 5.41) is 9.49. The second-order valence-corrected chi connectivity index (χ2v) is 3.70. The van der Waals surface area contributed by atoms with Crippen LogP contribution in [0.3, 0.4) is 0 Å². The molecule has 0 saturated heterocycles. The van der Waals surface area contributed by atoms with E-state index in [1.807, 2.05) is 13.8 Å². The third-order valence-electron chi connectivity index (χ3n) is 3.13. The summed E-state index contributed by atoms with van der Waals surface area (Å²) in [4.78, 5) is 0. The van der Waals surface area contributed by atoms with Crippen molar-refractivity contribution in [1.82, 2.24) is 0 Å². The number of aliphatic hydroxyl groups excluding tert-OH is 1. The smallest absolute Gasteiger partial charge is 0.0580 e. The highest BCUT2D eigenvalue weighted by Gasteiger charge is 2.33. The molecule has 0 aliphatic carbocycles. The van der Waals surface area contributed by atoms with E-state index < -0.39 is 0 Å². The molecule has 0 spiro atoms. The van der Waals surface area contributed by atoms with E-state index in [1.54, 1.807) is 0 Å². The lowest BCUT2D eigenvalue weighted by Crippen LogP contribution is -2.42. The van der Waals surface area contributed by atoms with Crippen LogP contribution in [0.15, 0.2) is 0 Å². The standard InChI is InChI=1S/C9H21NO/c1-5-7(2)9(4,6-10)8(3)11/h7-8,11H,5-6,10H2,1-4H3. The van der Waals surface area contributed by atoms with Gasteiger partial charge in [0, 0.05) is 12.0 Å². The Hall–Kier alpha value is -0.0800. The molecule has 2 heteroatoms. The fraction of sp³-hybridized carbons (Fsp3) is 1.00. The summed E-state index contributed by atoms with van der Waals surface area (Å²) < 4.78 is 0. The highest BCUT2D eigenvalue weighted by atomic mass is 16.3. The van der Waals surface area contributed by atoms with Crippen molar-refractivity contribution in [1.29, 1.82) is 0 Å². The number of hydrogen-bond acceptors (Lipinski definition) is 2. The molecule has 11 heavy (non-hydrogen) atoms. The zero-order chi connectivity index (χ0) is 9.07. The van der Waals surface area contributed by atoms with Crippen LogP contribution in [0, 0.1) is 11.3 Å². The Kier molecular flexibility index (Phi) is 4.04. The number of hydrogen-bond donors (Lipinski definition) is 2. The largest absolute Gasteiger partial charge is 0.393 e. The second-order valence-electron chi connectivity index (χ2n) is 3.70. The van der Waals surface area contributed by atoms with E-state index in [-0.39, 0.29) is 11.5 Å². The average molecular weight is 159 g/mol. The van der Waals surface area contributed by atoms with E-state index in [0.29, 0.717) is 12.5 Å². The SMILES string of the molecule is CCC(C)C(C)(CN)C(C)O. The predicted octanol–water partition coefficient (Wildman–Crippen LogP) is 1.38. The first kappa shape index (κ1) is 10.9. The van der Waals surface area contributed by atoms with Gasteiger partial charge in [0.05, 0.1) is 6.10 Å². The minimum atomic E-state index is -0.317. The Morgan fingerprint density at radius 1 is 1.45 bits per heavy atom. The third kappa shape index (κ3) is 2.17. The minimum Gasteiger partial charge on any atom is -0.393 e. The molecule has 68 valence electrons. The van der Waals surface area contributed by atoms with Gasteiger partial charge in [0.2, 0.25) is 0 Å². The van der Waals surface area contributed by atoms with Gasteiger partial charge in [-0.15, -0.1) is 0 Å². The lowest BCUT2D eigenvalue weighted by atomic mass is 9.73. The van der Waals surface area contributed by atoms with Crippen molar-refractivity contribution >= 4 is 0 Å². The lowest BCUT2D eigenvalue weighted by molar-refractivity contribution is 0.0164. The van der Waals surface area contributed by atoms with Crippen LogP contribution in [0.5, 0.6) is 0 Å². The topological polar surface area (TPSA) is 46.2 Å². The van der Waals surface area contributed by atoms with E-state index in [0.717, 1.165) is 6.42 Å². The molecule has 0 aromatic rings. The number of aliphatic hydroxyl groups is 1. The molecule has 0 rings (SSSR count). The van der Waals surface area contributed by atoms with Crippen LogP contribution in [0.25, 0.3) is 0 Å². The highest BCUT2D eigenvalue weighted by Crippen LogP contribution is 2.31. The van der Waals surface area contributed by atoms with Crippen LogP contribution < -0.4 is 5.73 Å². The first-order valence-corrected chi connectivity index (χ1v) is 4.37. The van der Waals surface area contributed by atoms with E-state index in [2.05, 4.69) is 13.8 Å². The van der Waals surface area contributed by atoms with E-state index in [4.69, 9.17) is 5.73 Å². The molecular formula is C9H21NO. The fourth-order valence-corrected chi connectivity index (χ4v) is 1.25. The molecule has 0 amide bonds. The van der Waals surface area contributed by atoms with Crippen LogP contribution in [0.2, 0.25) is 0 Å². The molecule has 2 nitrogen and oxygen atoms in total. The van der Waals surface area contributed by atoms with Crippen molar-refractivity contribution in [2.45, 2.75) is 40.2 Å². The molecule has 0 fully saturated rings. The van der Waals surface area contributed by atoms with Gasteiger partial charge in [0.25, 0.3) is 0 Å². The lowest BCUT2D eigenvalue weighted by Gasteiger charge is -2.36. The van der Waals surface area contributed by atoms with Crippen molar-refractivity contribution in [3.8, 4) is 0 Å². The van der Waals surface area contributed by atoms with Gasteiger partial charge in [-0.25, -0.2) is 0 Å². The monoisotopic (exact) mass is 159 g/mol. The maximum Gasteiger partial charge on any atom is 0.0580 e. The molecule has 0 aliphatic rings. The molecule has 0 aliphatic heterocycles. The molecule has 0 aromatic heterocycles. The summed E-state index contributed by atoms with van der Waals surface area (Å²) in [6, 6.07) is 0. The molecule has 3 unspecified atom stereocenters. The first-order chi connectivity index (χ1) is 4.99. The molecular weight excluding hydrogens is 138 g/mol. The Morgan fingerprint density at radius 3 is 2.00 bits per heavy atom. The summed E-state index contributed by atoms with van der Waals surface area (Å²) in [6.07, 6.45) is 0.751. The van der Waals surface area contributed by atoms with Gasteiger partial charge in [-0.05, 0) is 12.8 Å². The van der Waals surface area contributed by atoms with Crippen molar-refractivity contribution in [2.75, 3.05) is 6.54 Å². The van der Waals surface area contributed by atoms with Crippen LogP contribution >= 0.6 is 0 Å². The van der Waals surface area contributed by atoms with Gasteiger partial charge < -0.3 is 10.8 Å². The second kappa shape index (κ2) is 4.07. The molecule has 0 heterocycles. The summed E-state index contributed by atoms with van der Waals surface area (Å²) in [7, 11) is 0. The molecule has 0 radical (unpaired) electrons. The van der Waals surface area contributed by atoms with Gasteiger partial charge >= 0.3 is 0 Å². The normalized spacial score (nSPS) is 22.4.